The summed E-state index contributed by atoms with van der Waals surface area (Å²) in [6, 6.07) is -1.27. The number of unbranched alkanes of at least 4 members (excludes halogenated alkanes) is 10. The first-order chi connectivity index (χ1) is 15.3. The number of aliphatic hydroxyl groups is 1. The number of ether oxygens (including phenoxy) is 1. The largest absolute Gasteiger partial charge is 0.480 e. The van der Waals surface area contributed by atoms with Crippen LogP contribution in [0.2, 0.25) is 0 Å². The second-order valence-corrected chi connectivity index (χ2v) is 9.28. The second kappa shape index (κ2) is 20.8. The minimum Gasteiger partial charge on any atom is -0.480 e. The van der Waals surface area contributed by atoms with Crippen molar-refractivity contribution in [1.29, 1.82) is 0 Å². The summed E-state index contributed by atoms with van der Waals surface area (Å²) in [5, 5.41) is 18.4. The molecule has 0 saturated heterocycles. The fourth-order valence-corrected chi connectivity index (χ4v) is 3.67. The van der Waals surface area contributed by atoms with Crippen molar-refractivity contribution < 1.29 is 38.5 Å². The summed E-state index contributed by atoms with van der Waals surface area (Å²) in [5.41, 5.74) is 5.23. The summed E-state index contributed by atoms with van der Waals surface area (Å²) in [6.07, 6.45) is 13.4. The van der Waals surface area contributed by atoms with Crippen LogP contribution in [0.25, 0.3) is 0 Å². The lowest BCUT2D eigenvalue weighted by atomic mass is 10.0. The quantitative estimate of drug-likeness (QED) is 0.103. The third-order valence-corrected chi connectivity index (χ3v) is 5.86. The summed E-state index contributed by atoms with van der Waals surface area (Å²) in [6.45, 7) is 3.06. The molecule has 0 bridgehead atoms. The average Bonchev–Trinajstić information content (AvgIpc) is 2.77. The number of carboxylic acid groups (broad SMARTS) is 1. The molecule has 9 nitrogen and oxygen atoms in total. The summed E-state index contributed by atoms with van der Waals surface area (Å²) >= 11 is 0. The highest BCUT2D eigenvalue weighted by atomic mass is 31.2. The molecule has 0 aliphatic rings. The highest BCUT2D eigenvalue weighted by Gasteiger charge is 2.19. The molecule has 0 aromatic rings. The molecule has 0 fully saturated rings. The van der Waals surface area contributed by atoms with Crippen LogP contribution in [0.5, 0.6) is 0 Å². The van der Waals surface area contributed by atoms with Crippen LogP contribution in [0, 0.1) is 5.92 Å². The zero-order valence-electron chi connectivity index (χ0n) is 19.7. The van der Waals surface area contributed by atoms with Gasteiger partial charge in [0.15, 0.2) is 0 Å². The van der Waals surface area contributed by atoms with Crippen LogP contribution in [0.3, 0.4) is 0 Å². The van der Waals surface area contributed by atoms with Crippen LogP contribution in [0.15, 0.2) is 0 Å². The fraction of sp³-hybridized carbons (Fsp3) is 0.909. The number of esters is 1. The number of hydrogen-bond acceptors (Lipinski definition) is 8. The molecule has 5 N–H and O–H groups in total. The van der Waals surface area contributed by atoms with Crippen molar-refractivity contribution in [2.75, 3.05) is 19.8 Å². The summed E-state index contributed by atoms with van der Waals surface area (Å²) < 4.78 is 14.7. The maximum Gasteiger partial charge on any atom is 0.330 e. The van der Waals surface area contributed by atoms with E-state index in [0.717, 1.165) is 19.3 Å². The molecule has 0 spiro atoms. The number of hydrogen-bond donors (Lipinski definition) is 4. The summed E-state index contributed by atoms with van der Waals surface area (Å²) in [4.78, 5) is 32.1. The van der Waals surface area contributed by atoms with Crippen molar-refractivity contribution in [3.8, 4) is 0 Å². The van der Waals surface area contributed by atoms with E-state index < -0.39 is 33.3 Å². The molecule has 0 aromatic carbocycles. The van der Waals surface area contributed by atoms with Crippen LogP contribution in [-0.4, -0.2) is 59.0 Å². The Morgan fingerprint density at radius 1 is 0.875 bits per heavy atom. The van der Waals surface area contributed by atoms with E-state index in [1.165, 1.54) is 57.8 Å². The van der Waals surface area contributed by atoms with Crippen molar-refractivity contribution in [3.63, 3.8) is 0 Å². The van der Waals surface area contributed by atoms with Crippen molar-refractivity contribution >= 4 is 20.5 Å². The van der Waals surface area contributed by atoms with Gasteiger partial charge in [-0.25, -0.2) is 0 Å². The van der Waals surface area contributed by atoms with Crippen molar-refractivity contribution in [2.24, 2.45) is 11.7 Å². The molecular formula is C22H44NO8P. The highest BCUT2D eigenvalue weighted by Crippen LogP contribution is 2.32. The van der Waals surface area contributed by atoms with E-state index in [4.69, 9.17) is 24.6 Å². The number of rotatable bonds is 22. The first kappa shape index (κ1) is 31.2. The predicted octanol–water partition coefficient (Wildman–Crippen LogP) is 3.89. The number of carbonyl (C=O) groups excluding carboxylic acids is 1. The maximum atomic E-state index is 12.0. The maximum absolute atomic E-state index is 12.0. The zero-order chi connectivity index (χ0) is 24.2. The Balaban J connectivity index is 3.66. The Morgan fingerprint density at radius 3 is 1.91 bits per heavy atom. The molecule has 190 valence electrons. The van der Waals surface area contributed by atoms with Crippen LogP contribution in [0.1, 0.15) is 90.9 Å². The average molecular weight is 482 g/mol. The molecule has 0 amide bonds. The number of aliphatic hydroxyl groups excluding tert-OH is 1. The van der Waals surface area contributed by atoms with Gasteiger partial charge in [0.05, 0.1) is 19.1 Å². The lowest BCUT2D eigenvalue weighted by Crippen LogP contribution is -2.34. The van der Waals surface area contributed by atoms with Gasteiger partial charge in [-0.15, -0.1) is 0 Å². The van der Waals surface area contributed by atoms with Crippen molar-refractivity contribution in [2.45, 2.75) is 103 Å². The lowest BCUT2D eigenvalue weighted by Gasteiger charge is -2.16. The number of aliphatic carboxylic acids is 1. The zero-order valence-corrected chi connectivity index (χ0v) is 20.6. The molecule has 32 heavy (non-hydrogen) atoms. The van der Waals surface area contributed by atoms with E-state index >= 15 is 0 Å². The Kier molecular flexibility index (Phi) is 20.2. The van der Waals surface area contributed by atoms with E-state index in [0.29, 0.717) is 0 Å². The lowest BCUT2D eigenvalue weighted by molar-refractivity contribution is -0.151. The van der Waals surface area contributed by atoms with Crippen molar-refractivity contribution in [1.82, 2.24) is 0 Å². The molecule has 0 heterocycles. The SMILES string of the molecule is CCCCCCCCCCCCCC(C)C(=O)OC[C@H](O)COP(O)OC[C@H](N)C(=O)O. The Bertz CT molecular complexity index is 483. The Labute approximate surface area is 194 Å². The van der Waals surface area contributed by atoms with Crippen LogP contribution in [0.4, 0.5) is 0 Å². The van der Waals surface area contributed by atoms with Crippen molar-refractivity contribution in [3.05, 3.63) is 0 Å². The van der Waals surface area contributed by atoms with E-state index in [1.54, 1.807) is 0 Å². The minimum atomic E-state index is -2.37. The van der Waals surface area contributed by atoms with E-state index in [1.807, 2.05) is 6.92 Å². The van der Waals surface area contributed by atoms with Gasteiger partial charge in [0.1, 0.15) is 18.8 Å². The van der Waals surface area contributed by atoms with Gasteiger partial charge in [0.2, 0.25) is 0 Å². The summed E-state index contributed by atoms with van der Waals surface area (Å²) in [7, 11) is -2.37. The fourth-order valence-electron chi connectivity index (χ4n) is 3.00. The third-order valence-electron chi connectivity index (χ3n) is 5.12. The molecule has 0 saturated carbocycles. The molecule has 0 radical (unpaired) electrons. The molecule has 4 atom stereocenters. The standard InChI is InChI=1S/C22H44NO8P/c1-3-4-5-6-7-8-9-10-11-12-13-14-18(2)22(27)29-15-19(24)16-30-32(28)31-17-20(23)21(25)26/h18-20,24,28H,3-17,23H2,1-2H3,(H,25,26)/t18?,19-,20-,32?/m0/s1. The van der Waals surface area contributed by atoms with Gasteiger partial charge in [0, 0.05) is 0 Å². The first-order valence-corrected chi connectivity index (χ1v) is 13.0. The second-order valence-electron chi connectivity index (χ2n) is 8.28. The molecule has 0 aliphatic carbocycles. The normalized spacial score (nSPS) is 15.2. The van der Waals surface area contributed by atoms with Gasteiger partial charge in [-0.05, 0) is 6.42 Å². The van der Waals surface area contributed by atoms with Gasteiger partial charge < -0.3 is 34.6 Å². The molecule has 0 rings (SSSR count). The first-order valence-electron chi connectivity index (χ1n) is 11.9. The molecule has 0 aliphatic heterocycles. The monoisotopic (exact) mass is 481 g/mol. The third kappa shape index (κ3) is 18.7. The number of carbonyl (C=O) groups is 2. The number of carboxylic acids is 1. The van der Waals surface area contributed by atoms with Gasteiger partial charge >= 0.3 is 20.5 Å². The van der Waals surface area contributed by atoms with Gasteiger partial charge in [-0.1, -0.05) is 84.5 Å². The van der Waals surface area contributed by atoms with Crippen LogP contribution >= 0.6 is 8.60 Å². The highest BCUT2D eigenvalue weighted by molar-refractivity contribution is 7.40. The molecule has 0 aromatic heterocycles. The van der Waals surface area contributed by atoms with E-state index in [-0.39, 0.29) is 25.1 Å². The van der Waals surface area contributed by atoms with Gasteiger partial charge in [-0.2, -0.15) is 0 Å². The van der Waals surface area contributed by atoms with E-state index in [9.17, 15) is 19.6 Å². The van der Waals surface area contributed by atoms with Crippen LogP contribution in [-0.2, 0) is 23.4 Å². The number of nitrogens with two attached hydrogens (primary N) is 1. The predicted molar refractivity (Wildman–Crippen MR) is 124 cm³/mol. The van der Waals surface area contributed by atoms with E-state index in [2.05, 4.69) is 6.92 Å². The topological polar surface area (TPSA) is 149 Å². The van der Waals surface area contributed by atoms with Gasteiger partial charge in [-0.3, -0.25) is 9.59 Å². The van der Waals surface area contributed by atoms with Crippen LogP contribution < -0.4 is 5.73 Å². The molecular weight excluding hydrogens is 437 g/mol. The Morgan fingerprint density at radius 2 is 1.38 bits per heavy atom. The molecule has 2 unspecified atom stereocenters. The Hall–Kier alpha value is -0.830. The summed E-state index contributed by atoms with van der Waals surface area (Å²) in [5.74, 6) is -1.87. The smallest absolute Gasteiger partial charge is 0.330 e. The minimum absolute atomic E-state index is 0.238. The molecule has 10 heteroatoms. The van der Waals surface area contributed by atoms with Gasteiger partial charge in [0.25, 0.3) is 0 Å².